The molecule has 0 unspecified atom stereocenters. The average Bonchev–Trinajstić information content (AvgIpc) is 3.52. The average molecular weight is 760 g/mol. The number of fused-ring (bicyclic) bond motifs is 2. The fourth-order valence-electron chi connectivity index (χ4n) is 8.44. The Bertz CT molecular complexity index is 1650. The van der Waals surface area contributed by atoms with Gasteiger partial charge in [0.25, 0.3) is 5.69 Å². The van der Waals surface area contributed by atoms with Crippen LogP contribution in [0.15, 0.2) is 72.8 Å². The van der Waals surface area contributed by atoms with Crippen LogP contribution >= 0.6 is 0 Å². The summed E-state index contributed by atoms with van der Waals surface area (Å²) < 4.78 is 30.3. The topological polar surface area (TPSA) is 123 Å². The third kappa shape index (κ3) is 10.9. The number of nitro benzene ring substituents is 1. The van der Waals surface area contributed by atoms with Gasteiger partial charge >= 0.3 is 12.1 Å². The lowest BCUT2D eigenvalue weighted by Gasteiger charge is -2.36. The number of rotatable bonds is 20. The zero-order chi connectivity index (χ0) is 38.5. The summed E-state index contributed by atoms with van der Waals surface area (Å²) in [6.07, 6.45) is 7.11. The van der Waals surface area contributed by atoms with Crippen molar-refractivity contribution in [3.8, 4) is 11.5 Å². The van der Waals surface area contributed by atoms with Crippen LogP contribution in [0.25, 0.3) is 0 Å². The number of nitro groups is 1. The number of carbonyl (C=O) groups is 2. The molecule has 3 aromatic carbocycles. The predicted octanol–water partition coefficient (Wildman–Crippen LogP) is 10.4. The minimum Gasteiger partial charge on any atom is -0.482 e. The van der Waals surface area contributed by atoms with Gasteiger partial charge in [-0.15, -0.1) is 0 Å². The third-order valence-electron chi connectivity index (χ3n) is 11.7. The number of ether oxygens (including phenoxy) is 4. The number of hydrogen-bond donors (Lipinski definition) is 0. The van der Waals surface area contributed by atoms with Crippen molar-refractivity contribution in [2.24, 2.45) is 17.8 Å². The van der Waals surface area contributed by atoms with Crippen LogP contribution in [0, 0.1) is 27.9 Å². The van der Waals surface area contributed by atoms with Crippen molar-refractivity contribution in [1.82, 2.24) is 0 Å². The van der Waals surface area contributed by atoms with Crippen molar-refractivity contribution >= 4 is 26.1 Å². The van der Waals surface area contributed by atoms with Crippen LogP contribution in [-0.4, -0.2) is 44.2 Å². The molecule has 0 aliphatic heterocycles. The summed E-state index contributed by atoms with van der Waals surface area (Å²) in [7, 11) is -1.92. The van der Waals surface area contributed by atoms with Crippen LogP contribution in [0.2, 0.25) is 18.1 Å². The molecule has 5 rings (SSSR count). The van der Waals surface area contributed by atoms with Crippen molar-refractivity contribution in [3.05, 3.63) is 99.6 Å². The zero-order valence-corrected chi connectivity index (χ0v) is 33.3. The minimum absolute atomic E-state index is 0.0746. The highest BCUT2D eigenvalue weighted by Gasteiger charge is 2.48. The van der Waals surface area contributed by atoms with Gasteiger partial charge in [0.15, 0.2) is 14.9 Å². The largest absolute Gasteiger partial charge is 0.514 e. The molecule has 0 amide bonds. The molecule has 0 N–H and O–H groups in total. The van der Waals surface area contributed by atoms with Gasteiger partial charge in [0.2, 0.25) is 0 Å². The van der Waals surface area contributed by atoms with Gasteiger partial charge in [-0.05, 0) is 116 Å². The Hall–Kier alpha value is -4.22. The molecule has 0 saturated heterocycles. The van der Waals surface area contributed by atoms with Crippen LogP contribution in [0.4, 0.5) is 10.5 Å². The SMILES string of the molecule is CCCCC[C@@H](CC[C@@H]1[C@H]2Cc3cccc(OCC(=O)OCc4ccccc4)c3C[C@H]2C[C@H]1O[Si](CC)(CC)CC)OC(=O)Oc1ccc([N+](=O)[O-])cc1. The molecule has 2 aliphatic carbocycles. The Balaban J connectivity index is 1.28. The monoisotopic (exact) mass is 759 g/mol. The second-order valence-corrected chi connectivity index (χ2v) is 19.6. The minimum atomic E-state index is -1.92. The number of benzene rings is 3. The van der Waals surface area contributed by atoms with Gasteiger partial charge < -0.3 is 23.4 Å². The number of carbonyl (C=O) groups excluding carboxylic acids is 2. The lowest BCUT2D eigenvalue weighted by atomic mass is 9.73. The van der Waals surface area contributed by atoms with Gasteiger partial charge in [-0.3, -0.25) is 10.1 Å². The molecule has 5 atom stereocenters. The summed E-state index contributed by atoms with van der Waals surface area (Å²) in [6.45, 7) is 9.04. The first-order valence-corrected chi connectivity index (χ1v) is 22.4. The number of unbranched alkanes of at least 4 members (excludes halogenated alkanes) is 2. The number of esters is 1. The van der Waals surface area contributed by atoms with E-state index in [4.69, 9.17) is 23.4 Å². The van der Waals surface area contributed by atoms with Gasteiger partial charge in [-0.25, -0.2) is 9.59 Å². The van der Waals surface area contributed by atoms with E-state index < -0.39 is 25.4 Å². The molecule has 1 fully saturated rings. The molecule has 0 radical (unpaired) electrons. The van der Waals surface area contributed by atoms with Crippen molar-refractivity contribution in [2.45, 2.75) is 122 Å². The van der Waals surface area contributed by atoms with Crippen LogP contribution in [0.3, 0.4) is 0 Å². The van der Waals surface area contributed by atoms with Crippen LogP contribution in [0.1, 0.15) is 89.3 Å². The van der Waals surface area contributed by atoms with Crippen molar-refractivity contribution in [3.63, 3.8) is 0 Å². The summed E-state index contributed by atoms with van der Waals surface area (Å²) >= 11 is 0. The first-order chi connectivity index (χ1) is 26.2. The Morgan fingerprint density at radius 3 is 2.31 bits per heavy atom. The Kier molecular flexibility index (Phi) is 15.1. The van der Waals surface area contributed by atoms with E-state index in [9.17, 15) is 19.7 Å². The van der Waals surface area contributed by atoms with Crippen molar-refractivity contribution in [1.29, 1.82) is 0 Å². The number of hydrogen-bond acceptors (Lipinski definition) is 9. The van der Waals surface area contributed by atoms with Gasteiger partial charge in [0.1, 0.15) is 24.2 Å². The molecular formula is C43H57NO9Si. The molecule has 2 aliphatic rings. The van der Waals surface area contributed by atoms with E-state index in [1.54, 1.807) is 0 Å². The third-order valence-corrected chi connectivity index (χ3v) is 16.4. The Morgan fingerprint density at radius 1 is 0.889 bits per heavy atom. The van der Waals surface area contributed by atoms with Crippen molar-refractivity contribution < 1.29 is 37.9 Å². The van der Waals surface area contributed by atoms with Gasteiger partial charge in [0, 0.05) is 18.2 Å². The number of non-ortho nitro benzene ring substituents is 1. The summed E-state index contributed by atoms with van der Waals surface area (Å²) in [5.74, 6) is 1.68. The summed E-state index contributed by atoms with van der Waals surface area (Å²) in [4.78, 5) is 36.2. The zero-order valence-electron chi connectivity index (χ0n) is 32.3. The molecular weight excluding hydrogens is 703 g/mol. The maximum atomic E-state index is 13.0. The lowest BCUT2D eigenvalue weighted by molar-refractivity contribution is -0.384. The first kappa shape index (κ1) is 41.0. The second-order valence-electron chi connectivity index (χ2n) is 14.9. The fraction of sp³-hybridized carbons (Fsp3) is 0.535. The molecule has 0 aromatic heterocycles. The predicted molar refractivity (Wildman–Crippen MR) is 210 cm³/mol. The summed E-state index contributed by atoms with van der Waals surface area (Å²) in [5, 5.41) is 11.1. The van der Waals surface area contributed by atoms with E-state index in [0.29, 0.717) is 24.2 Å². The summed E-state index contributed by atoms with van der Waals surface area (Å²) in [5.41, 5.74) is 3.29. The normalized spacial score (nSPS) is 19.6. The highest BCUT2D eigenvalue weighted by molar-refractivity contribution is 6.73. The standard InChI is InChI=1S/C43H57NO9Si/c1-5-9-11-18-35(51-43(46)52-36-22-20-34(21-23-36)44(47)48)24-25-37-38-26-32-17-14-19-40(49-30-42(45)50-29-31-15-12-10-13-16-31)39(32)27-33(38)28-41(37)53-54(6-2,7-3)8-4/h10,12-17,19-23,33,35,37-38,41H,5-9,11,18,24-30H2,1-4H3/t33-,35-,37+,38-,41+/m0/s1. The Morgan fingerprint density at radius 2 is 1.63 bits per heavy atom. The molecule has 0 spiro atoms. The molecule has 292 valence electrons. The van der Waals surface area contributed by atoms with E-state index >= 15 is 0 Å². The van der Waals surface area contributed by atoms with Crippen molar-refractivity contribution in [2.75, 3.05) is 6.61 Å². The van der Waals surface area contributed by atoms with E-state index in [2.05, 4.69) is 33.8 Å². The van der Waals surface area contributed by atoms with Gasteiger partial charge in [0.05, 0.1) is 4.92 Å². The smallest absolute Gasteiger partial charge is 0.482 e. The molecule has 3 aromatic rings. The Labute approximate surface area is 321 Å². The summed E-state index contributed by atoms with van der Waals surface area (Å²) in [6, 6.07) is 24.5. The lowest BCUT2D eigenvalue weighted by Crippen LogP contribution is -2.42. The molecule has 54 heavy (non-hydrogen) atoms. The maximum Gasteiger partial charge on any atom is 0.514 e. The van der Waals surface area contributed by atoms with Gasteiger partial charge in [-0.1, -0.05) is 83.0 Å². The van der Waals surface area contributed by atoms with E-state index in [1.165, 1.54) is 35.4 Å². The number of nitrogens with zero attached hydrogens (tertiary/aromatic N) is 1. The van der Waals surface area contributed by atoms with E-state index in [0.717, 1.165) is 80.8 Å². The van der Waals surface area contributed by atoms with Gasteiger partial charge in [-0.2, -0.15) is 0 Å². The molecule has 0 heterocycles. The quantitative estimate of drug-likeness (QED) is 0.0276. The first-order valence-electron chi connectivity index (χ1n) is 19.9. The molecule has 0 bridgehead atoms. The van der Waals surface area contributed by atoms with Crippen LogP contribution < -0.4 is 9.47 Å². The maximum absolute atomic E-state index is 13.0. The second kappa shape index (κ2) is 19.9. The molecule has 11 heteroatoms. The van der Waals surface area contributed by atoms with Crippen LogP contribution in [-0.2, 0) is 38.1 Å². The van der Waals surface area contributed by atoms with E-state index in [1.807, 2.05) is 42.5 Å². The molecule has 10 nitrogen and oxygen atoms in total. The van der Waals surface area contributed by atoms with Crippen LogP contribution in [0.5, 0.6) is 11.5 Å². The highest BCUT2D eigenvalue weighted by Crippen LogP contribution is 2.50. The fourth-order valence-corrected chi connectivity index (χ4v) is 11.4. The highest BCUT2D eigenvalue weighted by atomic mass is 28.4. The van der Waals surface area contributed by atoms with E-state index in [-0.39, 0.29) is 36.9 Å². The molecule has 1 saturated carbocycles.